The number of carbonyl (C=O) groups excluding carboxylic acids is 2. The first-order valence-electron chi connectivity index (χ1n) is 9.99. The second-order valence-electron chi connectivity index (χ2n) is 7.37. The number of likely N-dealkylation sites (tertiary alicyclic amines) is 1. The highest BCUT2D eigenvalue weighted by atomic mass is 16.2. The van der Waals surface area contributed by atoms with E-state index in [1.807, 2.05) is 39.8 Å². The van der Waals surface area contributed by atoms with E-state index in [9.17, 15) is 9.59 Å². The van der Waals surface area contributed by atoms with Gasteiger partial charge in [-0.15, -0.1) is 0 Å². The Bertz CT molecular complexity index is 820. The standard InChI is InChI=1S/C21H26N4O2/c26-20(22-16-10-4-3-5-11-16)19-23-18(17-12-6-9-15-25(17)19)21(27)24-13-7-1-2-8-14-24/h3-5,10-11H,1-2,6-9,12-15H2,(H,22,26). The molecule has 1 aromatic heterocycles. The maximum Gasteiger partial charge on any atom is 0.291 e. The van der Waals surface area contributed by atoms with E-state index >= 15 is 0 Å². The van der Waals surface area contributed by atoms with E-state index in [2.05, 4.69) is 10.3 Å². The van der Waals surface area contributed by atoms with E-state index in [0.717, 1.165) is 63.1 Å². The summed E-state index contributed by atoms with van der Waals surface area (Å²) in [6.45, 7) is 2.32. The minimum atomic E-state index is -0.251. The molecule has 0 bridgehead atoms. The van der Waals surface area contributed by atoms with Gasteiger partial charge < -0.3 is 14.8 Å². The van der Waals surface area contributed by atoms with Crippen LogP contribution in [0.1, 0.15) is 65.3 Å². The molecule has 142 valence electrons. The summed E-state index contributed by atoms with van der Waals surface area (Å²) < 4.78 is 1.95. The molecule has 2 amide bonds. The molecule has 3 heterocycles. The number of amides is 2. The molecule has 2 aromatic rings. The molecule has 0 unspecified atom stereocenters. The molecule has 0 radical (unpaired) electrons. The number of rotatable bonds is 3. The topological polar surface area (TPSA) is 67.2 Å². The maximum atomic E-state index is 13.1. The predicted molar refractivity (Wildman–Crippen MR) is 104 cm³/mol. The maximum absolute atomic E-state index is 13.1. The SMILES string of the molecule is O=C(Nc1ccccc1)c1nc(C(=O)N2CCCCCC2)c2n1CCCC2. The molecule has 2 aliphatic rings. The van der Waals surface area contributed by atoms with Gasteiger partial charge in [0.15, 0.2) is 5.82 Å². The van der Waals surface area contributed by atoms with Crippen molar-refractivity contribution < 1.29 is 9.59 Å². The molecule has 0 atom stereocenters. The van der Waals surface area contributed by atoms with Crippen LogP contribution in [0, 0.1) is 0 Å². The van der Waals surface area contributed by atoms with Gasteiger partial charge in [-0.25, -0.2) is 4.98 Å². The normalized spacial score (nSPS) is 17.1. The van der Waals surface area contributed by atoms with Crippen LogP contribution in [-0.2, 0) is 13.0 Å². The van der Waals surface area contributed by atoms with Crippen LogP contribution in [0.25, 0.3) is 0 Å². The lowest BCUT2D eigenvalue weighted by Gasteiger charge is -2.21. The first-order valence-corrected chi connectivity index (χ1v) is 9.99. The highest BCUT2D eigenvalue weighted by molar-refractivity contribution is 6.03. The van der Waals surface area contributed by atoms with Crippen LogP contribution in [0.15, 0.2) is 30.3 Å². The molecule has 1 saturated heterocycles. The molecule has 1 fully saturated rings. The summed E-state index contributed by atoms with van der Waals surface area (Å²) in [4.78, 5) is 32.4. The number of benzene rings is 1. The zero-order valence-corrected chi connectivity index (χ0v) is 15.6. The van der Waals surface area contributed by atoms with Crippen molar-refractivity contribution >= 4 is 17.5 Å². The van der Waals surface area contributed by atoms with Crippen LogP contribution in [0.2, 0.25) is 0 Å². The largest absolute Gasteiger partial charge is 0.337 e. The smallest absolute Gasteiger partial charge is 0.291 e. The number of hydrogen-bond acceptors (Lipinski definition) is 3. The first-order chi connectivity index (χ1) is 13.2. The van der Waals surface area contributed by atoms with E-state index in [4.69, 9.17) is 0 Å². The third-order valence-electron chi connectivity index (χ3n) is 5.45. The molecule has 0 saturated carbocycles. The summed E-state index contributed by atoms with van der Waals surface area (Å²) in [6, 6.07) is 9.36. The average Bonchev–Trinajstić information content (AvgIpc) is 2.88. The lowest BCUT2D eigenvalue weighted by molar-refractivity contribution is 0.0754. The Hall–Kier alpha value is -2.63. The van der Waals surface area contributed by atoms with Gasteiger partial charge in [-0.1, -0.05) is 31.0 Å². The summed E-state index contributed by atoms with van der Waals surface area (Å²) in [6.07, 6.45) is 7.29. The van der Waals surface area contributed by atoms with Gasteiger partial charge in [-0.2, -0.15) is 0 Å². The number of nitrogens with zero attached hydrogens (tertiary/aromatic N) is 3. The zero-order chi connectivity index (χ0) is 18.6. The van der Waals surface area contributed by atoms with E-state index < -0.39 is 0 Å². The van der Waals surface area contributed by atoms with Crippen molar-refractivity contribution in [3.05, 3.63) is 47.5 Å². The molecule has 4 rings (SSSR count). The summed E-state index contributed by atoms with van der Waals surface area (Å²) in [5, 5.41) is 2.90. The van der Waals surface area contributed by atoms with Gasteiger partial charge in [0.05, 0.1) is 5.69 Å². The average molecular weight is 366 g/mol. The fourth-order valence-corrected chi connectivity index (χ4v) is 4.02. The number of fused-ring (bicyclic) bond motifs is 1. The summed E-state index contributed by atoms with van der Waals surface area (Å²) in [5.41, 5.74) is 2.14. The van der Waals surface area contributed by atoms with E-state index in [1.54, 1.807) is 0 Å². The highest BCUT2D eigenvalue weighted by Gasteiger charge is 2.30. The molecular weight excluding hydrogens is 340 g/mol. The lowest BCUT2D eigenvalue weighted by atomic mass is 10.1. The van der Waals surface area contributed by atoms with Crippen molar-refractivity contribution in [1.29, 1.82) is 0 Å². The van der Waals surface area contributed by atoms with Crippen molar-refractivity contribution in [3.8, 4) is 0 Å². The molecule has 0 spiro atoms. The Balaban J connectivity index is 1.63. The van der Waals surface area contributed by atoms with Gasteiger partial charge in [-0.05, 0) is 44.2 Å². The molecule has 1 N–H and O–H groups in total. The van der Waals surface area contributed by atoms with Gasteiger partial charge in [0.2, 0.25) is 0 Å². The number of para-hydroxylation sites is 1. The van der Waals surface area contributed by atoms with Crippen LogP contribution in [0.4, 0.5) is 5.69 Å². The molecule has 1 aromatic carbocycles. The van der Waals surface area contributed by atoms with Crippen molar-refractivity contribution in [2.24, 2.45) is 0 Å². The quantitative estimate of drug-likeness (QED) is 0.904. The van der Waals surface area contributed by atoms with Crippen molar-refractivity contribution in [3.63, 3.8) is 0 Å². The third kappa shape index (κ3) is 3.75. The monoisotopic (exact) mass is 366 g/mol. The van der Waals surface area contributed by atoms with E-state index in [0.29, 0.717) is 11.5 Å². The summed E-state index contributed by atoms with van der Waals surface area (Å²) in [5.74, 6) is 0.0901. The second kappa shape index (κ2) is 7.94. The number of imidazole rings is 1. The van der Waals surface area contributed by atoms with Crippen LogP contribution < -0.4 is 5.32 Å². The highest BCUT2D eigenvalue weighted by Crippen LogP contribution is 2.24. The van der Waals surface area contributed by atoms with Gasteiger partial charge in [-0.3, -0.25) is 9.59 Å². The number of hydrogen-bond donors (Lipinski definition) is 1. The first kappa shape index (κ1) is 17.8. The molecule has 27 heavy (non-hydrogen) atoms. The Morgan fingerprint density at radius 1 is 0.889 bits per heavy atom. The molecule has 2 aliphatic heterocycles. The van der Waals surface area contributed by atoms with Gasteiger partial charge in [0, 0.05) is 25.3 Å². The van der Waals surface area contributed by atoms with Gasteiger partial charge in [0.1, 0.15) is 5.69 Å². The van der Waals surface area contributed by atoms with Crippen LogP contribution in [0.3, 0.4) is 0 Å². The van der Waals surface area contributed by atoms with E-state index in [1.165, 1.54) is 12.8 Å². The van der Waals surface area contributed by atoms with Crippen molar-refractivity contribution in [2.45, 2.75) is 51.5 Å². The Morgan fingerprint density at radius 3 is 2.33 bits per heavy atom. The minimum absolute atomic E-state index is 0.0127. The second-order valence-corrected chi connectivity index (χ2v) is 7.37. The van der Waals surface area contributed by atoms with Crippen LogP contribution in [0.5, 0.6) is 0 Å². The number of carbonyl (C=O) groups is 2. The number of anilines is 1. The lowest BCUT2D eigenvalue weighted by Crippen LogP contribution is -2.33. The van der Waals surface area contributed by atoms with Crippen LogP contribution >= 0.6 is 0 Å². The van der Waals surface area contributed by atoms with Gasteiger partial charge >= 0.3 is 0 Å². The Kier molecular flexibility index (Phi) is 5.23. The Labute approximate surface area is 159 Å². The molecular formula is C21H26N4O2. The third-order valence-corrected chi connectivity index (χ3v) is 5.45. The van der Waals surface area contributed by atoms with Crippen LogP contribution in [-0.4, -0.2) is 39.4 Å². The number of nitrogens with one attached hydrogen (secondary N) is 1. The Morgan fingerprint density at radius 2 is 1.59 bits per heavy atom. The summed E-state index contributed by atoms with van der Waals surface area (Å²) >= 11 is 0. The minimum Gasteiger partial charge on any atom is -0.337 e. The number of aromatic nitrogens is 2. The fraction of sp³-hybridized carbons (Fsp3) is 0.476. The van der Waals surface area contributed by atoms with Crippen molar-refractivity contribution in [2.75, 3.05) is 18.4 Å². The molecule has 6 heteroatoms. The molecule has 0 aliphatic carbocycles. The summed E-state index contributed by atoms with van der Waals surface area (Å²) in [7, 11) is 0. The predicted octanol–water partition coefficient (Wildman–Crippen LogP) is 3.49. The van der Waals surface area contributed by atoms with Crippen molar-refractivity contribution in [1.82, 2.24) is 14.5 Å². The fourth-order valence-electron chi connectivity index (χ4n) is 4.02. The zero-order valence-electron chi connectivity index (χ0n) is 15.6. The van der Waals surface area contributed by atoms with Gasteiger partial charge in [0.25, 0.3) is 11.8 Å². The molecule has 6 nitrogen and oxygen atoms in total. The van der Waals surface area contributed by atoms with E-state index in [-0.39, 0.29) is 11.8 Å².